The van der Waals surface area contributed by atoms with Crippen LogP contribution in [0.1, 0.15) is 38.0 Å². The SMILES string of the molecule is CCCN1C=CCC(C(=O)C(O)[C@H]2O[C@@H](n3cc(C)c(=O)[nH]c3=O)C[C@@H]2N=[N+]=[N-])=C1. The Balaban J connectivity index is 1.84. The number of carbonyl (C=O) groups excluding carboxylic acids is 1. The van der Waals surface area contributed by atoms with Crippen molar-refractivity contribution in [3.63, 3.8) is 0 Å². The molecular weight excluding hydrogens is 392 g/mol. The van der Waals surface area contributed by atoms with Crippen molar-refractivity contribution in [2.24, 2.45) is 5.11 Å². The molecule has 0 amide bonds. The van der Waals surface area contributed by atoms with Crippen molar-refractivity contribution in [3.8, 4) is 0 Å². The Hall–Kier alpha value is -3.14. The number of ketones is 1. The van der Waals surface area contributed by atoms with E-state index < -0.39 is 41.5 Å². The Morgan fingerprint density at radius 2 is 2.27 bits per heavy atom. The second-order valence-electron chi connectivity index (χ2n) is 7.33. The van der Waals surface area contributed by atoms with E-state index in [1.165, 1.54) is 17.7 Å². The van der Waals surface area contributed by atoms with E-state index >= 15 is 0 Å². The van der Waals surface area contributed by atoms with E-state index in [1.807, 2.05) is 24.1 Å². The Morgan fingerprint density at radius 1 is 1.50 bits per heavy atom. The van der Waals surface area contributed by atoms with Crippen LogP contribution in [0.5, 0.6) is 0 Å². The molecule has 0 radical (unpaired) electrons. The van der Waals surface area contributed by atoms with E-state index in [0.29, 0.717) is 17.6 Å². The zero-order chi connectivity index (χ0) is 21.8. The molecule has 4 atom stereocenters. The summed E-state index contributed by atoms with van der Waals surface area (Å²) in [6.07, 6.45) is 4.51. The van der Waals surface area contributed by atoms with Crippen LogP contribution >= 0.6 is 0 Å². The molecule has 11 nitrogen and oxygen atoms in total. The van der Waals surface area contributed by atoms with Crippen LogP contribution in [0.2, 0.25) is 0 Å². The number of aryl methyl sites for hydroxylation is 1. The average Bonchev–Trinajstić information content (AvgIpc) is 3.14. The fourth-order valence-electron chi connectivity index (χ4n) is 3.62. The highest BCUT2D eigenvalue weighted by Gasteiger charge is 2.43. The van der Waals surface area contributed by atoms with Crippen LogP contribution in [0.4, 0.5) is 0 Å². The van der Waals surface area contributed by atoms with Gasteiger partial charge in [0.2, 0.25) is 0 Å². The number of rotatable bonds is 7. The van der Waals surface area contributed by atoms with Gasteiger partial charge in [-0.2, -0.15) is 0 Å². The maximum atomic E-state index is 12.9. The van der Waals surface area contributed by atoms with E-state index in [9.17, 15) is 19.5 Å². The summed E-state index contributed by atoms with van der Waals surface area (Å²) in [5, 5.41) is 14.4. The van der Waals surface area contributed by atoms with E-state index in [-0.39, 0.29) is 6.42 Å². The zero-order valence-electron chi connectivity index (χ0n) is 16.8. The van der Waals surface area contributed by atoms with Gasteiger partial charge in [0, 0.05) is 41.4 Å². The lowest BCUT2D eigenvalue weighted by atomic mass is 9.95. The number of carbonyl (C=O) groups is 1. The van der Waals surface area contributed by atoms with Gasteiger partial charge in [-0.15, -0.1) is 0 Å². The minimum atomic E-state index is -1.56. The van der Waals surface area contributed by atoms with Crippen molar-refractivity contribution in [1.29, 1.82) is 0 Å². The molecule has 0 bridgehead atoms. The molecule has 0 aromatic carbocycles. The summed E-state index contributed by atoms with van der Waals surface area (Å²) in [6, 6.07) is -0.857. The standard InChI is InChI=1S/C19H24N6O5/c1-3-6-24-7-4-5-12(10-24)15(26)16(27)17-13(22-23-20)8-14(30-17)25-9-11(2)18(28)21-19(25)29/h4,7,9-10,13-14,16-17,27H,3,5-6,8H2,1-2H3,(H,21,28,29)/t13-,14+,16?,17-/m0/s1. The lowest BCUT2D eigenvalue weighted by molar-refractivity contribution is -0.134. The number of nitrogens with zero attached hydrogens (tertiary/aromatic N) is 5. The number of azide groups is 1. The molecule has 2 aliphatic rings. The summed E-state index contributed by atoms with van der Waals surface area (Å²) >= 11 is 0. The topological polar surface area (TPSA) is 153 Å². The molecule has 0 saturated carbocycles. The molecule has 1 saturated heterocycles. The van der Waals surface area contributed by atoms with Crippen molar-refractivity contribution >= 4 is 5.78 Å². The van der Waals surface area contributed by atoms with Crippen molar-refractivity contribution < 1.29 is 14.6 Å². The third kappa shape index (κ3) is 4.38. The Labute approximate surface area is 171 Å². The lowest BCUT2D eigenvalue weighted by Gasteiger charge is -2.25. The summed E-state index contributed by atoms with van der Waals surface area (Å²) in [5.74, 6) is -0.519. The molecule has 2 aliphatic heterocycles. The Kier molecular flexibility index (Phi) is 6.56. The third-order valence-corrected chi connectivity index (χ3v) is 5.13. The quantitative estimate of drug-likeness (QED) is 0.387. The van der Waals surface area contributed by atoms with Gasteiger partial charge < -0.3 is 14.7 Å². The second kappa shape index (κ2) is 9.12. The number of nitrogens with one attached hydrogen (secondary N) is 1. The van der Waals surface area contributed by atoms with E-state index in [2.05, 4.69) is 15.0 Å². The number of allylic oxidation sites excluding steroid dienone is 1. The first-order chi connectivity index (χ1) is 14.3. The fraction of sp³-hybridized carbons (Fsp3) is 0.526. The fourth-order valence-corrected chi connectivity index (χ4v) is 3.62. The van der Waals surface area contributed by atoms with Gasteiger partial charge in [-0.05, 0) is 31.5 Å². The van der Waals surface area contributed by atoms with Gasteiger partial charge in [0.05, 0.1) is 6.04 Å². The van der Waals surface area contributed by atoms with Gasteiger partial charge in [0.1, 0.15) is 18.4 Å². The predicted octanol–water partition coefficient (Wildman–Crippen LogP) is 1.25. The van der Waals surface area contributed by atoms with Gasteiger partial charge in [0.15, 0.2) is 5.78 Å². The number of aliphatic hydroxyl groups excluding tert-OH is 1. The highest BCUT2D eigenvalue weighted by Crippen LogP contribution is 2.33. The molecule has 1 fully saturated rings. The summed E-state index contributed by atoms with van der Waals surface area (Å²) in [4.78, 5) is 43.5. The monoisotopic (exact) mass is 416 g/mol. The molecule has 3 heterocycles. The molecule has 0 spiro atoms. The van der Waals surface area contributed by atoms with Crippen molar-refractivity contribution in [1.82, 2.24) is 14.5 Å². The predicted molar refractivity (Wildman–Crippen MR) is 107 cm³/mol. The third-order valence-electron chi connectivity index (χ3n) is 5.13. The molecular formula is C19H24N6O5. The maximum Gasteiger partial charge on any atom is 0.330 e. The minimum absolute atomic E-state index is 0.0748. The number of hydrogen-bond acceptors (Lipinski definition) is 7. The Morgan fingerprint density at radius 3 is 2.97 bits per heavy atom. The second-order valence-corrected chi connectivity index (χ2v) is 7.33. The summed E-state index contributed by atoms with van der Waals surface area (Å²) in [5.41, 5.74) is 8.41. The first kappa shape index (κ1) is 21.6. The smallest absolute Gasteiger partial charge is 0.330 e. The van der Waals surface area contributed by atoms with Gasteiger partial charge >= 0.3 is 5.69 Å². The molecule has 3 rings (SSSR count). The molecule has 30 heavy (non-hydrogen) atoms. The zero-order valence-corrected chi connectivity index (χ0v) is 16.8. The number of H-pyrrole nitrogens is 1. The highest BCUT2D eigenvalue weighted by molar-refractivity contribution is 5.99. The van der Waals surface area contributed by atoms with Gasteiger partial charge in [-0.1, -0.05) is 18.1 Å². The van der Waals surface area contributed by atoms with Crippen LogP contribution in [-0.4, -0.2) is 50.1 Å². The van der Waals surface area contributed by atoms with Crippen LogP contribution in [0, 0.1) is 6.92 Å². The highest BCUT2D eigenvalue weighted by atomic mass is 16.5. The first-order valence-corrected chi connectivity index (χ1v) is 9.72. The van der Waals surface area contributed by atoms with E-state index in [4.69, 9.17) is 10.3 Å². The van der Waals surface area contributed by atoms with Crippen molar-refractivity contribution in [3.05, 3.63) is 67.1 Å². The number of hydrogen-bond donors (Lipinski definition) is 2. The molecule has 1 aromatic rings. The normalized spacial score (nSPS) is 24.3. The van der Waals surface area contributed by atoms with Gasteiger partial charge in [0.25, 0.3) is 5.56 Å². The van der Waals surface area contributed by atoms with Gasteiger partial charge in [-0.25, -0.2) is 4.79 Å². The van der Waals surface area contributed by atoms with E-state index in [0.717, 1.165) is 13.0 Å². The van der Waals surface area contributed by atoms with Crippen LogP contribution in [-0.2, 0) is 9.53 Å². The first-order valence-electron chi connectivity index (χ1n) is 9.72. The summed E-state index contributed by atoms with van der Waals surface area (Å²) < 4.78 is 6.95. The molecule has 2 N–H and O–H groups in total. The van der Waals surface area contributed by atoms with Crippen molar-refractivity contribution in [2.45, 2.75) is 57.6 Å². The van der Waals surface area contributed by atoms with Crippen LogP contribution < -0.4 is 11.2 Å². The van der Waals surface area contributed by atoms with E-state index in [1.54, 1.807) is 6.20 Å². The maximum absolute atomic E-state index is 12.9. The van der Waals surface area contributed by atoms with Crippen LogP contribution in [0.15, 0.2) is 44.9 Å². The van der Waals surface area contributed by atoms with Crippen molar-refractivity contribution in [2.75, 3.05) is 6.54 Å². The molecule has 11 heteroatoms. The molecule has 0 aliphatic carbocycles. The summed E-state index contributed by atoms with van der Waals surface area (Å²) in [7, 11) is 0. The minimum Gasteiger partial charge on any atom is -0.382 e. The van der Waals surface area contributed by atoms with Gasteiger partial charge in [-0.3, -0.25) is 19.1 Å². The molecule has 1 aromatic heterocycles. The lowest BCUT2D eigenvalue weighted by Crippen LogP contribution is -2.41. The van der Waals surface area contributed by atoms with Crippen LogP contribution in [0.3, 0.4) is 0 Å². The number of aromatic nitrogens is 2. The number of aromatic amines is 1. The van der Waals surface area contributed by atoms with Crippen LogP contribution in [0.25, 0.3) is 10.4 Å². The number of ether oxygens (including phenoxy) is 1. The molecule has 160 valence electrons. The molecule has 1 unspecified atom stereocenters. The number of Topliss-reactive ketones (excluding diaryl/α,β-unsaturated/α-hetero) is 1. The largest absolute Gasteiger partial charge is 0.382 e. The summed E-state index contributed by atoms with van der Waals surface area (Å²) in [6.45, 7) is 4.29. The number of aliphatic hydroxyl groups is 1. The Bertz CT molecular complexity index is 1030. The average molecular weight is 416 g/mol.